The number of nitriles is 1. The van der Waals surface area contributed by atoms with E-state index in [4.69, 9.17) is 16.9 Å². The van der Waals surface area contributed by atoms with Crippen molar-refractivity contribution in [2.75, 3.05) is 18.1 Å². The number of thioether (sulfide) groups is 1. The molecule has 16 heavy (non-hydrogen) atoms. The van der Waals surface area contributed by atoms with Crippen LogP contribution in [-0.2, 0) is 0 Å². The second kappa shape index (κ2) is 5.42. The summed E-state index contributed by atoms with van der Waals surface area (Å²) in [6.45, 7) is 5.05. The minimum Gasteiger partial charge on any atom is -0.369 e. The number of pyridine rings is 1. The molecule has 1 rings (SSSR count). The molecule has 1 heterocycles. The van der Waals surface area contributed by atoms with Crippen molar-refractivity contribution in [3.63, 3.8) is 0 Å². The second-order valence-corrected chi connectivity index (χ2v) is 5.89. The highest BCUT2D eigenvalue weighted by molar-refractivity contribution is 7.99. The molecule has 5 heteroatoms. The molecule has 0 aliphatic heterocycles. The fraction of sp³-hybridized carbons (Fsp3) is 0.455. The minimum atomic E-state index is 0.122. The number of hydrogen-bond donors (Lipinski definition) is 1. The van der Waals surface area contributed by atoms with Gasteiger partial charge in [0.2, 0.25) is 0 Å². The van der Waals surface area contributed by atoms with Gasteiger partial charge in [-0.05, 0) is 32.2 Å². The van der Waals surface area contributed by atoms with Crippen LogP contribution < -0.4 is 5.32 Å². The molecule has 0 saturated carbocycles. The first-order valence-corrected chi connectivity index (χ1v) is 6.44. The Bertz CT molecular complexity index is 412. The van der Waals surface area contributed by atoms with Gasteiger partial charge in [-0.15, -0.1) is 0 Å². The normalized spacial score (nSPS) is 10.9. The molecule has 0 unspecified atom stereocenters. The number of rotatable bonds is 4. The lowest BCUT2D eigenvalue weighted by Gasteiger charge is -2.22. The van der Waals surface area contributed by atoms with Gasteiger partial charge >= 0.3 is 0 Å². The molecule has 0 atom stereocenters. The summed E-state index contributed by atoms with van der Waals surface area (Å²) in [5, 5.41) is 12.3. The largest absolute Gasteiger partial charge is 0.369 e. The number of halogens is 1. The van der Waals surface area contributed by atoms with Gasteiger partial charge < -0.3 is 5.32 Å². The van der Waals surface area contributed by atoms with E-state index < -0.39 is 0 Å². The van der Waals surface area contributed by atoms with Gasteiger partial charge in [-0.2, -0.15) is 17.0 Å². The lowest BCUT2D eigenvalue weighted by atomic mass is 10.2. The molecule has 0 radical (unpaired) electrons. The van der Waals surface area contributed by atoms with Crippen LogP contribution in [0.25, 0.3) is 0 Å². The Morgan fingerprint density at radius 2 is 2.25 bits per heavy atom. The van der Waals surface area contributed by atoms with Gasteiger partial charge in [0.25, 0.3) is 0 Å². The highest BCUT2D eigenvalue weighted by Crippen LogP contribution is 2.22. The molecule has 1 aromatic rings. The maximum Gasteiger partial charge on any atom is 0.132 e. The standard InChI is InChI=1S/C11H14ClN3S/c1-11(2,16-3)7-14-10-5-8(6-13)4-9(12)15-10/h4-5H,7H2,1-3H3,(H,14,15). The number of hydrogen-bond acceptors (Lipinski definition) is 4. The molecule has 3 nitrogen and oxygen atoms in total. The van der Waals surface area contributed by atoms with Gasteiger partial charge in [0.05, 0.1) is 11.6 Å². The Hall–Kier alpha value is -0.920. The van der Waals surface area contributed by atoms with Crippen LogP contribution in [0.3, 0.4) is 0 Å². The van der Waals surface area contributed by atoms with E-state index >= 15 is 0 Å². The van der Waals surface area contributed by atoms with E-state index in [1.165, 1.54) is 0 Å². The Kier molecular flexibility index (Phi) is 4.45. The van der Waals surface area contributed by atoms with E-state index in [9.17, 15) is 0 Å². The zero-order valence-electron chi connectivity index (χ0n) is 9.54. The minimum absolute atomic E-state index is 0.122. The summed E-state index contributed by atoms with van der Waals surface area (Å²) < 4.78 is 0.122. The molecule has 0 aliphatic rings. The molecule has 0 fully saturated rings. The van der Waals surface area contributed by atoms with Crippen LogP contribution in [0.4, 0.5) is 5.82 Å². The molecule has 0 spiro atoms. The molecule has 0 bridgehead atoms. The molecule has 0 amide bonds. The maximum atomic E-state index is 8.79. The van der Waals surface area contributed by atoms with E-state index in [0.29, 0.717) is 16.5 Å². The predicted octanol–water partition coefficient (Wildman–Crippen LogP) is 3.16. The van der Waals surface area contributed by atoms with Crippen LogP contribution in [0.2, 0.25) is 5.15 Å². The van der Waals surface area contributed by atoms with Gasteiger partial charge in [0.15, 0.2) is 0 Å². The molecule has 86 valence electrons. The molecule has 1 N–H and O–H groups in total. The van der Waals surface area contributed by atoms with Crippen LogP contribution in [0, 0.1) is 11.3 Å². The fourth-order valence-corrected chi connectivity index (χ4v) is 1.45. The van der Waals surface area contributed by atoms with Gasteiger partial charge in [-0.25, -0.2) is 4.98 Å². The van der Waals surface area contributed by atoms with Crippen molar-refractivity contribution in [3.05, 3.63) is 22.8 Å². The topological polar surface area (TPSA) is 48.7 Å². The van der Waals surface area contributed by atoms with Crippen LogP contribution >= 0.6 is 23.4 Å². The molecule has 0 saturated heterocycles. The summed E-state index contributed by atoms with van der Waals surface area (Å²) in [6.07, 6.45) is 2.06. The molecule has 0 aromatic carbocycles. The third-order valence-corrected chi connectivity index (χ3v) is 3.61. The van der Waals surface area contributed by atoms with Crippen LogP contribution in [0.5, 0.6) is 0 Å². The van der Waals surface area contributed by atoms with Gasteiger partial charge in [0.1, 0.15) is 11.0 Å². The first-order chi connectivity index (χ1) is 7.46. The van der Waals surface area contributed by atoms with Crippen LogP contribution in [-0.4, -0.2) is 22.5 Å². The average Bonchev–Trinajstić information content (AvgIpc) is 2.26. The quantitative estimate of drug-likeness (QED) is 0.840. The van der Waals surface area contributed by atoms with Crippen molar-refractivity contribution in [3.8, 4) is 6.07 Å². The first kappa shape index (κ1) is 13.1. The summed E-state index contributed by atoms with van der Waals surface area (Å²) >= 11 is 7.58. The zero-order chi connectivity index (χ0) is 12.2. The van der Waals surface area contributed by atoms with Gasteiger partial charge in [-0.3, -0.25) is 0 Å². The third-order valence-electron chi connectivity index (χ3n) is 2.17. The number of nitrogens with one attached hydrogen (secondary N) is 1. The Balaban J connectivity index is 2.75. The summed E-state index contributed by atoms with van der Waals surface area (Å²) in [5.41, 5.74) is 0.518. The Morgan fingerprint density at radius 3 is 2.81 bits per heavy atom. The number of aromatic nitrogens is 1. The fourth-order valence-electron chi connectivity index (χ4n) is 1.03. The zero-order valence-corrected chi connectivity index (χ0v) is 11.1. The van der Waals surface area contributed by atoms with E-state index in [1.54, 1.807) is 23.9 Å². The van der Waals surface area contributed by atoms with Crippen LogP contribution in [0.1, 0.15) is 19.4 Å². The van der Waals surface area contributed by atoms with Crippen molar-refractivity contribution in [2.24, 2.45) is 0 Å². The predicted molar refractivity (Wildman–Crippen MR) is 70.0 cm³/mol. The summed E-state index contributed by atoms with van der Waals surface area (Å²) in [5.74, 6) is 0.645. The lowest BCUT2D eigenvalue weighted by Crippen LogP contribution is -2.26. The van der Waals surface area contributed by atoms with Crippen molar-refractivity contribution in [1.82, 2.24) is 4.98 Å². The summed E-state index contributed by atoms with van der Waals surface area (Å²) in [7, 11) is 0. The van der Waals surface area contributed by atoms with Crippen molar-refractivity contribution in [1.29, 1.82) is 5.26 Å². The SMILES string of the molecule is CSC(C)(C)CNc1cc(C#N)cc(Cl)n1. The summed E-state index contributed by atoms with van der Waals surface area (Å²) in [6, 6.07) is 5.29. The second-order valence-electron chi connectivity index (χ2n) is 3.99. The van der Waals surface area contributed by atoms with Gasteiger partial charge in [-0.1, -0.05) is 11.6 Å². The smallest absolute Gasteiger partial charge is 0.132 e. The van der Waals surface area contributed by atoms with E-state index in [2.05, 4.69) is 30.4 Å². The lowest BCUT2D eigenvalue weighted by molar-refractivity contribution is 0.750. The maximum absolute atomic E-state index is 8.79. The third kappa shape index (κ3) is 3.92. The highest BCUT2D eigenvalue weighted by Gasteiger charge is 2.15. The first-order valence-electron chi connectivity index (χ1n) is 4.83. The van der Waals surface area contributed by atoms with Crippen LogP contribution in [0.15, 0.2) is 12.1 Å². The molecule has 0 aliphatic carbocycles. The van der Waals surface area contributed by atoms with E-state index in [-0.39, 0.29) is 4.75 Å². The molecule has 1 aromatic heterocycles. The van der Waals surface area contributed by atoms with Crippen molar-refractivity contribution < 1.29 is 0 Å². The molecular formula is C11H14ClN3S. The van der Waals surface area contributed by atoms with Gasteiger partial charge in [0, 0.05) is 11.3 Å². The van der Waals surface area contributed by atoms with E-state index in [0.717, 1.165) is 6.54 Å². The number of nitrogens with zero attached hydrogens (tertiary/aromatic N) is 2. The number of anilines is 1. The Labute approximate surface area is 105 Å². The van der Waals surface area contributed by atoms with E-state index in [1.807, 2.05) is 6.07 Å². The Morgan fingerprint density at radius 1 is 1.56 bits per heavy atom. The van der Waals surface area contributed by atoms with Crippen molar-refractivity contribution >= 4 is 29.2 Å². The summed E-state index contributed by atoms with van der Waals surface area (Å²) in [4.78, 5) is 4.11. The highest BCUT2D eigenvalue weighted by atomic mass is 35.5. The average molecular weight is 256 g/mol. The monoisotopic (exact) mass is 255 g/mol. The van der Waals surface area contributed by atoms with Crippen molar-refractivity contribution in [2.45, 2.75) is 18.6 Å². The molecular weight excluding hydrogens is 242 g/mol.